The van der Waals surface area contributed by atoms with Crippen molar-refractivity contribution in [3.8, 4) is 16.9 Å². The molecule has 2 amide bonds. The minimum atomic E-state index is -0.00440. The molecule has 3 aromatic rings. The van der Waals surface area contributed by atoms with E-state index in [1.54, 1.807) is 19.1 Å². The van der Waals surface area contributed by atoms with Gasteiger partial charge in [-0.1, -0.05) is 11.6 Å². The molecule has 9 nitrogen and oxygen atoms in total. The van der Waals surface area contributed by atoms with Crippen molar-refractivity contribution in [1.29, 1.82) is 0 Å². The lowest BCUT2D eigenvalue weighted by Crippen LogP contribution is -2.52. The lowest BCUT2D eigenvalue weighted by atomic mass is 9.95. The van der Waals surface area contributed by atoms with E-state index in [9.17, 15) is 14.7 Å². The van der Waals surface area contributed by atoms with E-state index in [4.69, 9.17) is 17.3 Å². The molecule has 4 heterocycles. The summed E-state index contributed by atoms with van der Waals surface area (Å²) in [6.07, 6.45) is 5.32. The Morgan fingerprint density at radius 2 is 1.78 bits per heavy atom. The molecule has 2 aliphatic heterocycles. The Morgan fingerprint density at radius 3 is 2.42 bits per heavy atom. The Bertz CT molecular complexity index is 1290. The summed E-state index contributed by atoms with van der Waals surface area (Å²) in [7, 11) is 0. The molecule has 0 bridgehead atoms. The molecule has 0 spiro atoms. The summed E-state index contributed by atoms with van der Waals surface area (Å²) in [6.45, 7) is 5.95. The first-order valence-electron chi connectivity index (χ1n) is 12.3. The van der Waals surface area contributed by atoms with Crippen LogP contribution >= 0.6 is 11.6 Å². The van der Waals surface area contributed by atoms with Crippen LogP contribution in [0, 0.1) is 5.92 Å². The summed E-state index contributed by atoms with van der Waals surface area (Å²) >= 11 is 6.45. The molecular formula is C26H31ClN6O3. The second-order valence-corrected chi connectivity index (χ2v) is 9.93. The van der Waals surface area contributed by atoms with Gasteiger partial charge in [0.05, 0.1) is 11.2 Å². The number of pyridine rings is 1. The van der Waals surface area contributed by atoms with Gasteiger partial charge in [-0.25, -0.2) is 4.98 Å². The van der Waals surface area contributed by atoms with E-state index in [0.29, 0.717) is 50.8 Å². The van der Waals surface area contributed by atoms with Crippen molar-refractivity contribution in [3.63, 3.8) is 0 Å². The highest BCUT2D eigenvalue weighted by molar-refractivity contribution is 6.33. The number of benzene rings is 1. The van der Waals surface area contributed by atoms with Crippen LogP contribution < -0.4 is 10.6 Å². The quantitative estimate of drug-likeness (QED) is 0.559. The van der Waals surface area contributed by atoms with Crippen LogP contribution in [0.1, 0.15) is 25.3 Å². The van der Waals surface area contributed by atoms with Gasteiger partial charge in [0.2, 0.25) is 11.8 Å². The smallest absolute Gasteiger partial charge is 0.225 e. The van der Waals surface area contributed by atoms with Crippen molar-refractivity contribution in [2.75, 3.05) is 44.2 Å². The van der Waals surface area contributed by atoms with Crippen LogP contribution in [0.15, 0.2) is 36.7 Å². The van der Waals surface area contributed by atoms with Gasteiger partial charge in [-0.3, -0.25) is 14.0 Å². The van der Waals surface area contributed by atoms with Crippen molar-refractivity contribution in [2.24, 2.45) is 11.7 Å². The van der Waals surface area contributed by atoms with Crippen LogP contribution in [0.4, 0.5) is 5.82 Å². The zero-order valence-electron chi connectivity index (χ0n) is 20.4. The third-order valence-corrected chi connectivity index (χ3v) is 7.69. The fourth-order valence-corrected chi connectivity index (χ4v) is 5.55. The van der Waals surface area contributed by atoms with Crippen molar-refractivity contribution in [2.45, 2.75) is 26.3 Å². The topological polar surface area (TPSA) is 107 Å². The van der Waals surface area contributed by atoms with Gasteiger partial charge < -0.3 is 25.5 Å². The number of halogens is 1. The number of carbonyl (C=O) groups excluding carboxylic acids is 2. The van der Waals surface area contributed by atoms with Crippen LogP contribution in [0.25, 0.3) is 16.8 Å². The van der Waals surface area contributed by atoms with Gasteiger partial charge in [0.15, 0.2) is 0 Å². The van der Waals surface area contributed by atoms with E-state index < -0.39 is 0 Å². The number of carbonyl (C=O) groups is 2. The Morgan fingerprint density at radius 1 is 1.06 bits per heavy atom. The number of phenols is 1. The first kappa shape index (κ1) is 24.4. The molecule has 0 atom stereocenters. The number of nitrogens with two attached hydrogens (primary N) is 1. The van der Waals surface area contributed by atoms with Crippen molar-refractivity contribution < 1.29 is 14.7 Å². The van der Waals surface area contributed by atoms with Gasteiger partial charge in [0.1, 0.15) is 17.2 Å². The number of piperazine rings is 1. The summed E-state index contributed by atoms with van der Waals surface area (Å²) in [4.78, 5) is 35.3. The predicted molar refractivity (Wildman–Crippen MR) is 139 cm³/mol. The molecule has 3 N–H and O–H groups in total. The summed E-state index contributed by atoms with van der Waals surface area (Å²) in [5.74, 6) is 1.34. The van der Waals surface area contributed by atoms with Crippen LogP contribution in [0.3, 0.4) is 0 Å². The van der Waals surface area contributed by atoms with E-state index >= 15 is 0 Å². The first-order chi connectivity index (χ1) is 17.4. The summed E-state index contributed by atoms with van der Waals surface area (Å²) in [5, 5.41) is 10.2. The molecule has 2 saturated heterocycles. The number of aromatic hydroxyl groups is 1. The van der Waals surface area contributed by atoms with Crippen LogP contribution in [-0.4, -0.2) is 75.4 Å². The fourth-order valence-electron chi connectivity index (χ4n) is 5.27. The number of likely N-dealkylation sites (tertiary alicyclic amines) is 1. The van der Waals surface area contributed by atoms with Gasteiger partial charge in [-0.05, 0) is 42.7 Å². The standard InChI is InChI=1S/C26H31ClN6O3/c1-17(34)30-6-4-18(5-7-30)26(36)32-10-8-31(9-11-32)25-15-29-24-12-19(14-28)22(16-33(24)25)21-3-2-20(35)13-23(21)27/h2-3,12-13,15-16,18,35H,4-11,14,28H2,1H3. The fraction of sp³-hybridized carbons (Fsp3) is 0.423. The largest absolute Gasteiger partial charge is 0.508 e. The molecule has 2 aromatic heterocycles. The third kappa shape index (κ3) is 4.60. The molecule has 10 heteroatoms. The van der Waals surface area contributed by atoms with Crippen molar-refractivity contribution >= 4 is 34.9 Å². The van der Waals surface area contributed by atoms with Crippen molar-refractivity contribution in [3.05, 3.63) is 47.2 Å². The first-order valence-corrected chi connectivity index (χ1v) is 12.7. The highest BCUT2D eigenvalue weighted by Gasteiger charge is 2.31. The van der Waals surface area contributed by atoms with E-state index in [2.05, 4.69) is 9.88 Å². The molecule has 190 valence electrons. The molecule has 1 aromatic carbocycles. The van der Waals surface area contributed by atoms with Crippen LogP contribution in [0.5, 0.6) is 5.75 Å². The second-order valence-electron chi connectivity index (χ2n) is 9.52. The highest BCUT2D eigenvalue weighted by atomic mass is 35.5. The van der Waals surface area contributed by atoms with Gasteiger partial charge in [0, 0.05) is 76.0 Å². The number of aromatic nitrogens is 2. The monoisotopic (exact) mass is 510 g/mol. The summed E-state index contributed by atoms with van der Waals surface area (Å²) in [5.41, 5.74) is 9.43. The number of imidazole rings is 1. The number of rotatable bonds is 4. The van der Waals surface area contributed by atoms with Gasteiger partial charge in [0.25, 0.3) is 0 Å². The van der Waals surface area contributed by atoms with Crippen molar-refractivity contribution in [1.82, 2.24) is 19.2 Å². The maximum absolute atomic E-state index is 13.1. The Labute approximate surface area is 215 Å². The Balaban J connectivity index is 1.32. The van der Waals surface area contributed by atoms with Crippen LogP contribution in [-0.2, 0) is 16.1 Å². The lowest BCUT2D eigenvalue weighted by Gasteiger charge is -2.39. The second kappa shape index (κ2) is 9.99. The number of nitrogens with zero attached hydrogens (tertiary/aromatic N) is 5. The normalized spacial score (nSPS) is 17.1. The van der Waals surface area contributed by atoms with E-state index in [0.717, 1.165) is 41.0 Å². The molecule has 36 heavy (non-hydrogen) atoms. The number of amides is 2. The number of fused-ring (bicyclic) bond motifs is 1. The number of hydrogen-bond acceptors (Lipinski definition) is 6. The maximum atomic E-state index is 13.1. The minimum absolute atomic E-state index is 0.00440. The lowest BCUT2D eigenvalue weighted by molar-refractivity contribution is -0.140. The zero-order chi connectivity index (χ0) is 25.4. The summed E-state index contributed by atoms with van der Waals surface area (Å²) < 4.78 is 2.03. The molecule has 2 aliphatic rings. The number of piperidine rings is 1. The van der Waals surface area contributed by atoms with Gasteiger partial charge in [-0.2, -0.15) is 0 Å². The Hall–Kier alpha value is -3.30. The minimum Gasteiger partial charge on any atom is -0.508 e. The van der Waals surface area contributed by atoms with Gasteiger partial charge in [-0.15, -0.1) is 0 Å². The molecule has 0 saturated carbocycles. The van der Waals surface area contributed by atoms with Gasteiger partial charge >= 0.3 is 0 Å². The van der Waals surface area contributed by atoms with E-state index in [1.165, 1.54) is 6.07 Å². The molecular weight excluding hydrogens is 480 g/mol. The van der Waals surface area contributed by atoms with E-state index in [-0.39, 0.29) is 23.5 Å². The predicted octanol–water partition coefficient (Wildman–Crippen LogP) is 2.73. The Kier molecular flexibility index (Phi) is 6.77. The third-order valence-electron chi connectivity index (χ3n) is 7.38. The number of phenolic OH excluding ortho intramolecular Hbond substituents is 1. The average molecular weight is 511 g/mol. The maximum Gasteiger partial charge on any atom is 0.225 e. The number of hydrogen-bond donors (Lipinski definition) is 2. The zero-order valence-corrected chi connectivity index (χ0v) is 21.1. The number of anilines is 1. The van der Waals surface area contributed by atoms with E-state index in [1.807, 2.05) is 32.7 Å². The molecule has 0 unspecified atom stereocenters. The molecule has 5 rings (SSSR count). The van der Waals surface area contributed by atoms with Crippen LogP contribution in [0.2, 0.25) is 5.02 Å². The highest BCUT2D eigenvalue weighted by Crippen LogP contribution is 2.34. The SMILES string of the molecule is CC(=O)N1CCC(C(=O)N2CCN(c3cnc4cc(CN)c(-c5ccc(O)cc5Cl)cn34)CC2)CC1. The molecule has 0 radical (unpaired) electrons. The summed E-state index contributed by atoms with van der Waals surface area (Å²) in [6, 6.07) is 6.90. The molecule has 0 aliphatic carbocycles. The average Bonchev–Trinajstić information content (AvgIpc) is 3.30. The molecule has 2 fully saturated rings.